The van der Waals surface area contributed by atoms with Gasteiger partial charge in [0, 0.05) is 11.6 Å². The maximum Gasteiger partial charge on any atom is 0.407 e. The van der Waals surface area contributed by atoms with Crippen LogP contribution in [-0.4, -0.2) is 29.8 Å². The number of phenolic OH excluding ortho intramolecular Hbond substituents is 1. The Morgan fingerprint density at radius 3 is 2.74 bits per heavy atom. The number of methoxy groups -OCH3 is 1. The van der Waals surface area contributed by atoms with Gasteiger partial charge in [-0.15, -0.1) is 12.4 Å². The van der Waals surface area contributed by atoms with Crippen molar-refractivity contribution in [2.45, 2.75) is 6.04 Å². The number of hydrogen-bond acceptors (Lipinski definition) is 6. The Bertz CT molecular complexity index is 521. The third-order valence-corrected chi connectivity index (χ3v) is 2.57. The van der Waals surface area contributed by atoms with E-state index in [1.165, 1.54) is 13.2 Å². The Kier molecular flexibility index (Phi) is 4.38. The number of aromatic hydroxyl groups is 1. The van der Waals surface area contributed by atoms with Crippen LogP contribution < -0.4 is 10.1 Å². The average molecular weight is 291 g/mol. The van der Waals surface area contributed by atoms with Gasteiger partial charge in [0.1, 0.15) is 6.61 Å². The van der Waals surface area contributed by atoms with Gasteiger partial charge in [0.25, 0.3) is 5.69 Å². The first-order valence-corrected chi connectivity index (χ1v) is 5.01. The van der Waals surface area contributed by atoms with Gasteiger partial charge >= 0.3 is 6.09 Å². The fraction of sp³-hybridized carbons (Fsp3) is 0.300. The summed E-state index contributed by atoms with van der Waals surface area (Å²) in [5.41, 5.74) is -0.0484. The third kappa shape index (κ3) is 2.79. The van der Waals surface area contributed by atoms with Crippen molar-refractivity contribution in [3.8, 4) is 11.5 Å². The highest BCUT2D eigenvalue weighted by molar-refractivity contribution is 5.85. The smallest absolute Gasteiger partial charge is 0.407 e. The molecule has 1 aromatic rings. The predicted molar refractivity (Wildman–Crippen MR) is 65.8 cm³/mol. The van der Waals surface area contributed by atoms with Crippen molar-refractivity contribution in [3.63, 3.8) is 0 Å². The Morgan fingerprint density at radius 2 is 2.26 bits per heavy atom. The van der Waals surface area contributed by atoms with E-state index in [0.29, 0.717) is 0 Å². The van der Waals surface area contributed by atoms with E-state index in [1.807, 2.05) is 0 Å². The van der Waals surface area contributed by atoms with E-state index in [1.54, 1.807) is 0 Å². The summed E-state index contributed by atoms with van der Waals surface area (Å²) in [6.07, 6.45) is -0.634. The summed E-state index contributed by atoms with van der Waals surface area (Å²) in [5, 5.41) is 23.1. The topological polar surface area (TPSA) is 111 Å². The lowest BCUT2D eigenvalue weighted by atomic mass is 10.1. The number of hydrogen-bond donors (Lipinski definition) is 2. The van der Waals surface area contributed by atoms with Gasteiger partial charge in [0.15, 0.2) is 11.5 Å². The summed E-state index contributed by atoms with van der Waals surface area (Å²) in [4.78, 5) is 21.1. The largest absolute Gasteiger partial charge is 0.504 e. The monoisotopic (exact) mass is 290 g/mol. The minimum absolute atomic E-state index is 0. The van der Waals surface area contributed by atoms with Gasteiger partial charge in [0.05, 0.1) is 24.1 Å². The van der Waals surface area contributed by atoms with Crippen LogP contribution in [0.2, 0.25) is 0 Å². The Morgan fingerprint density at radius 1 is 1.58 bits per heavy atom. The summed E-state index contributed by atoms with van der Waals surface area (Å²) < 4.78 is 9.53. The highest BCUT2D eigenvalue weighted by Crippen LogP contribution is 2.38. The number of nitrogens with one attached hydrogen (secondary N) is 1. The lowest BCUT2D eigenvalue weighted by Crippen LogP contribution is -2.18. The predicted octanol–water partition coefficient (Wildman–Crippen LogP) is 1.51. The van der Waals surface area contributed by atoms with Crippen molar-refractivity contribution >= 4 is 24.2 Å². The zero-order valence-electron chi connectivity index (χ0n) is 9.78. The van der Waals surface area contributed by atoms with Crippen molar-refractivity contribution in [1.82, 2.24) is 5.32 Å². The zero-order chi connectivity index (χ0) is 13.3. The highest BCUT2D eigenvalue weighted by atomic mass is 35.5. The van der Waals surface area contributed by atoms with Gasteiger partial charge in [0.2, 0.25) is 0 Å². The summed E-state index contributed by atoms with van der Waals surface area (Å²) in [5.74, 6) is -0.278. The molecule has 1 atom stereocenters. The van der Waals surface area contributed by atoms with Crippen molar-refractivity contribution in [2.75, 3.05) is 13.7 Å². The highest BCUT2D eigenvalue weighted by Gasteiger charge is 2.29. The van der Waals surface area contributed by atoms with Gasteiger partial charge in [-0.1, -0.05) is 0 Å². The van der Waals surface area contributed by atoms with E-state index < -0.39 is 17.1 Å². The quantitative estimate of drug-likeness (QED) is 0.645. The fourth-order valence-electron chi connectivity index (χ4n) is 1.69. The number of halogens is 1. The first-order chi connectivity index (χ1) is 8.52. The molecule has 0 unspecified atom stereocenters. The molecule has 19 heavy (non-hydrogen) atoms. The molecule has 0 aromatic heterocycles. The fourth-order valence-corrected chi connectivity index (χ4v) is 1.69. The van der Waals surface area contributed by atoms with Crippen LogP contribution in [0.5, 0.6) is 11.5 Å². The van der Waals surface area contributed by atoms with Crippen molar-refractivity contribution in [2.24, 2.45) is 0 Å². The van der Waals surface area contributed by atoms with Gasteiger partial charge in [-0.2, -0.15) is 0 Å². The number of nitro benzene ring substituents is 1. The number of amides is 1. The Balaban J connectivity index is 0.00000180. The molecule has 0 bridgehead atoms. The number of non-ortho nitro benzene ring substituents is 1. The maximum atomic E-state index is 10.9. The molecule has 1 aliphatic rings. The zero-order valence-corrected chi connectivity index (χ0v) is 10.6. The van der Waals surface area contributed by atoms with Crippen LogP contribution in [-0.2, 0) is 4.74 Å². The average Bonchev–Trinajstić information content (AvgIpc) is 2.75. The summed E-state index contributed by atoms with van der Waals surface area (Å²) in [7, 11) is 1.28. The van der Waals surface area contributed by atoms with E-state index >= 15 is 0 Å². The van der Waals surface area contributed by atoms with Crippen molar-refractivity contribution in [3.05, 3.63) is 27.8 Å². The molecular formula is C10H11ClN2O6. The van der Waals surface area contributed by atoms with Crippen molar-refractivity contribution < 1.29 is 24.3 Å². The van der Waals surface area contributed by atoms with Crippen LogP contribution >= 0.6 is 12.4 Å². The second kappa shape index (κ2) is 5.61. The SMILES string of the molecule is COc1cc([N+](=O)[O-])cc([C@H]2COC(=O)N2)c1O.Cl. The number of rotatable bonds is 3. The minimum Gasteiger partial charge on any atom is -0.504 e. The van der Waals surface area contributed by atoms with Crippen LogP contribution in [0.3, 0.4) is 0 Å². The molecule has 1 aliphatic heterocycles. The molecule has 0 aliphatic carbocycles. The normalized spacial score (nSPS) is 17.1. The van der Waals surface area contributed by atoms with Gasteiger partial charge in [-0.05, 0) is 0 Å². The number of carbonyl (C=O) groups is 1. The number of phenols is 1. The molecule has 2 N–H and O–H groups in total. The standard InChI is InChI=1S/C10H10N2O6.ClH/c1-17-8-3-5(12(15)16)2-6(9(8)13)7-4-18-10(14)11-7;/h2-3,7,13H,4H2,1H3,(H,11,14);1H/t7-;/m1./s1. The molecule has 1 aromatic carbocycles. The number of benzene rings is 1. The molecule has 104 valence electrons. The molecule has 0 radical (unpaired) electrons. The van der Waals surface area contributed by atoms with E-state index in [4.69, 9.17) is 4.74 Å². The third-order valence-electron chi connectivity index (χ3n) is 2.57. The molecular weight excluding hydrogens is 280 g/mol. The second-order valence-corrected chi connectivity index (χ2v) is 3.64. The minimum atomic E-state index is -0.634. The van der Waals surface area contributed by atoms with E-state index in [9.17, 15) is 20.0 Å². The Hall–Kier alpha value is -2.22. The Labute approximate surface area is 113 Å². The second-order valence-electron chi connectivity index (χ2n) is 3.64. The molecule has 1 heterocycles. The molecule has 2 rings (SSSR count). The van der Waals surface area contributed by atoms with Crippen LogP contribution in [0.4, 0.5) is 10.5 Å². The van der Waals surface area contributed by atoms with Crippen LogP contribution in [0.15, 0.2) is 12.1 Å². The summed E-state index contributed by atoms with van der Waals surface area (Å²) >= 11 is 0. The number of nitrogens with zero attached hydrogens (tertiary/aromatic N) is 1. The van der Waals surface area contributed by atoms with E-state index in [-0.39, 0.29) is 41.8 Å². The van der Waals surface area contributed by atoms with Gasteiger partial charge in [-0.25, -0.2) is 4.79 Å². The number of nitro groups is 1. The molecule has 1 amide bonds. The summed E-state index contributed by atoms with van der Waals surface area (Å²) in [6, 6.07) is 1.65. The molecule has 9 heteroatoms. The van der Waals surface area contributed by atoms with Gasteiger partial charge in [-0.3, -0.25) is 10.1 Å². The molecule has 0 spiro atoms. The van der Waals surface area contributed by atoms with E-state index in [2.05, 4.69) is 10.1 Å². The van der Waals surface area contributed by atoms with E-state index in [0.717, 1.165) is 6.07 Å². The lowest BCUT2D eigenvalue weighted by Gasteiger charge is -2.12. The number of ether oxygens (including phenoxy) is 2. The molecule has 8 nitrogen and oxygen atoms in total. The number of cyclic esters (lactones) is 1. The van der Waals surface area contributed by atoms with Gasteiger partial charge < -0.3 is 19.9 Å². The van der Waals surface area contributed by atoms with Crippen LogP contribution in [0.25, 0.3) is 0 Å². The van der Waals surface area contributed by atoms with Crippen LogP contribution in [0.1, 0.15) is 11.6 Å². The first kappa shape index (κ1) is 14.8. The maximum absolute atomic E-state index is 10.9. The summed E-state index contributed by atoms with van der Waals surface area (Å²) in [6.45, 7) is -0.00326. The molecule has 0 saturated carbocycles. The number of carbonyl (C=O) groups excluding carboxylic acids is 1. The first-order valence-electron chi connectivity index (χ1n) is 5.01. The molecule has 1 saturated heterocycles. The van der Waals surface area contributed by atoms with Crippen LogP contribution in [0, 0.1) is 10.1 Å². The molecule has 1 fully saturated rings. The lowest BCUT2D eigenvalue weighted by molar-refractivity contribution is -0.385. The van der Waals surface area contributed by atoms with Crippen molar-refractivity contribution in [1.29, 1.82) is 0 Å². The number of alkyl carbamates (subject to hydrolysis) is 1.